The standard InChI is InChI=1S/C20H34OS.BrH/c1-3-4-5-6-7-8-9-10-11-12-13-20(22)19-15-14-18(21)16-17(19)2;/h14-16,20-22H,3-13H2,1-2H3;1H. The molecule has 0 heterocycles. The minimum Gasteiger partial charge on any atom is -0.508 e. The molecule has 1 aromatic carbocycles. The van der Waals surface area contributed by atoms with Crippen LogP contribution in [0.3, 0.4) is 0 Å². The van der Waals surface area contributed by atoms with Gasteiger partial charge in [-0.2, -0.15) is 12.6 Å². The molecule has 1 N–H and O–H groups in total. The predicted molar refractivity (Wildman–Crippen MR) is 111 cm³/mol. The summed E-state index contributed by atoms with van der Waals surface area (Å²) in [4.78, 5) is 0. The molecule has 1 atom stereocenters. The number of unbranched alkanes of at least 4 members (excludes halogenated alkanes) is 9. The number of phenols is 1. The second-order valence-corrected chi connectivity index (χ2v) is 7.15. The first-order valence-electron chi connectivity index (χ1n) is 9.12. The van der Waals surface area contributed by atoms with Gasteiger partial charge in [-0.05, 0) is 36.6 Å². The van der Waals surface area contributed by atoms with Gasteiger partial charge in [-0.3, -0.25) is 0 Å². The third-order valence-corrected chi connectivity index (χ3v) is 4.98. The molecule has 0 aliphatic heterocycles. The minimum absolute atomic E-state index is 0. The maximum atomic E-state index is 9.46. The van der Waals surface area contributed by atoms with Crippen molar-refractivity contribution in [3.05, 3.63) is 29.3 Å². The van der Waals surface area contributed by atoms with Crippen molar-refractivity contribution in [3.63, 3.8) is 0 Å². The third-order valence-electron chi connectivity index (χ3n) is 4.44. The zero-order valence-corrected chi connectivity index (χ0v) is 17.5. The number of benzene rings is 1. The maximum Gasteiger partial charge on any atom is 0.115 e. The first kappa shape index (κ1) is 22.9. The van der Waals surface area contributed by atoms with Crippen LogP contribution in [0.4, 0.5) is 0 Å². The van der Waals surface area contributed by atoms with Crippen LogP contribution in [0.5, 0.6) is 5.75 Å². The molecule has 23 heavy (non-hydrogen) atoms. The van der Waals surface area contributed by atoms with E-state index in [0.717, 1.165) is 12.0 Å². The zero-order chi connectivity index (χ0) is 16.2. The van der Waals surface area contributed by atoms with Gasteiger partial charge in [0.15, 0.2) is 0 Å². The Kier molecular flexibility index (Phi) is 14.1. The quantitative estimate of drug-likeness (QED) is 0.272. The van der Waals surface area contributed by atoms with E-state index in [1.54, 1.807) is 6.07 Å². The second kappa shape index (κ2) is 14.2. The molecule has 0 fully saturated rings. The van der Waals surface area contributed by atoms with Crippen molar-refractivity contribution in [1.82, 2.24) is 0 Å². The number of rotatable bonds is 12. The molecule has 0 radical (unpaired) electrons. The summed E-state index contributed by atoms with van der Waals surface area (Å²) in [6.45, 7) is 4.32. The van der Waals surface area contributed by atoms with E-state index < -0.39 is 0 Å². The Morgan fingerprint density at radius 1 is 0.913 bits per heavy atom. The van der Waals surface area contributed by atoms with E-state index >= 15 is 0 Å². The number of aryl methyl sites for hydroxylation is 1. The summed E-state index contributed by atoms with van der Waals surface area (Å²) in [7, 11) is 0. The summed E-state index contributed by atoms with van der Waals surface area (Å²) >= 11 is 4.73. The molecule has 0 aromatic heterocycles. The summed E-state index contributed by atoms with van der Waals surface area (Å²) < 4.78 is 0. The Hall–Kier alpha value is -0.150. The van der Waals surface area contributed by atoms with Gasteiger partial charge in [-0.15, -0.1) is 17.0 Å². The number of halogens is 1. The molecule has 1 unspecified atom stereocenters. The molecule has 1 rings (SSSR count). The fraction of sp³-hybridized carbons (Fsp3) is 0.700. The van der Waals surface area contributed by atoms with Crippen LogP contribution in [0.15, 0.2) is 18.2 Å². The van der Waals surface area contributed by atoms with E-state index in [1.807, 2.05) is 12.1 Å². The number of hydrogen-bond donors (Lipinski definition) is 2. The Bertz CT molecular complexity index is 409. The van der Waals surface area contributed by atoms with Crippen LogP contribution in [0, 0.1) is 6.92 Å². The Labute approximate surface area is 159 Å². The van der Waals surface area contributed by atoms with Crippen LogP contribution in [-0.2, 0) is 0 Å². The molecule has 1 aromatic rings. The summed E-state index contributed by atoms with van der Waals surface area (Å²) in [6, 6.07) is 5.61. The van der Waals surface area contributed by atoms with E-state index in [1.165, 1.54) is 69.8 Å². The maximum absolute atomic E-state index is 9.46. The number of hydrogen-bond acceptors (Lipinski definition) is 2. The molecule has 0 aliphatic rings. The fourth-order valence-corrected chi connectivity index (χ4v) is 3.49. The van der Waals surface area contributed by atoms with Gasteiger partial charge in [0.25, 0.3) is 0 Å². The van der Waals surface area contributed by atoms with Crippen molar-refractivity contribution in [2.45, 2.75) is 89.7 Å². The topological polar surface area (TPSA) is 20.2 Å². The molecule has 0 saturated carbocycles. The Balaban J connectivity index is 0.00000484. The van der Waals surface area contributed by atoms with Gasteiger partial charge in [0.05, 0.1) is 0 Å². The second-order valence-electron chi connectivity index (χ2n) is 6.53. The van der Waals surface area contributed by atoms with E-state index in [0.29, 0.717) is 11.0 Å². The van der Waals surface area contributed by atoms with E-state index in [9.17, 15) is 5.11 Å². The molecular formula is C20H35BrOS. The third kappa shape index (κ3) is 10.3. The van der Waals surface area contributed by atoms with Crippen molar-refractivity contribution in [2.24, 2.45) is 0 Å². The lowest BCUT2D eigenvalue weighted by atomic mass is 10.00. The van der Waals surface area contributed by atoms with Crippen molar-refractivity contribution in [3.8, 4) is 5.75 Å². The van der Waals surface area contributed by atoms with Crippen LogP contribution >= 0.6 is 29.6 Å². The van der Waals surface area contributed by atoms with Crippen molar-refractivity contribution >= 4 is 29.6 Å². The smallest absolute Gasteiger partial charge is 0.115 e. The molecular weight excluding hydrogens is 368 g/mol. The Morgan fingerprint density at radius 2 is 1.43 bits per heavy atom. The van der Waals surface area contributed by atoms with Gasteiger partial charge in [0.2, 0.25) is 0 Å². The lowest BCUT2D eigenvalue weighted by molar-refractivity contribution is 0.474. The fourth-order valence-electron chi connectivity index (χ4n) is 3.01. The molecule has 1 nitrogen and oxygen atoms in total. The average Bonchev–Trinajstić information content (AvgIpc) is 2.49. The predicted octanol–water partition coefficient (Wildman–Crippen LogP) is 7.56. The number of phenolic OH excluding ortho intramolecular Hbond substituents is 1. The monoisotopic (exact) mass is 402 g/mol. The lowest BCUT2D eigenvalue weighted by Crippen LogP contribution is -1.94. The number of aromatic hydroxyl groups is 1. The first-order valence-corrected chi connectivity index (χ1v) is 9.64. The van der Waals surface area contributed by atoms with Gasteiger partial charge in [0.1, 0.15) is 5.75 Å². The van der Waals surface area contributed by atoms with Crippen molar-refractivity contribution in [2.75, 3.05) is 0 Å². The van der Waals surface area contributed by atoms with E-state index in [-0.39, 0.29) is 17.0 Å². The highest BCUT2D eigenvalue weighted by Crippen LogP contribution is 2.30. The molecule has 3 heteroatoms. The molecule has 0 bridgehead atoms. The van der Waals surface area contributed by atoms with Gasteiger partial charge >= 0.3 is 0 Å². The van der Waals surface area contributed by atoms with Crippen LogP contribution in [-0.4, -0.2) is 5.11 Å². The summed E-state index contributed by atoms with van der Waals surface area (Å²) in [5, 5.41) is 9.76. The molecule has 0 aliphatic carbocycles. The lowest BCUT2D eigenvalue weighted by Gasteiger charge is -2.14. The molecule has 134 valence electrons. The normalized spacial score (nSPS) is 12.0. The Morgan fingerprint density at radius 3 is 1.96 bits per heavy atom. The van der Waals surface area contributed by atoms with E-state index in [4.69, 9.17) is 12.6 Å². The van der Waals surface area contributed by atoms with Crippen LogP contribution < -0.4 is 0 Å². The van der Waals surface area contributed by atoms with Crippen molar-refractivity contribution < 1.29 is 5.11 Å². The largest absolute Gasteiger partial charge is 0.508 e. The van der Waals surface area contributed by atoms with Crippen LogP contribution in [0.2, 0.25) is 0 Å². The average molecular weight is 403 g/mol. The first-order chi connectivity index (χ1) is 10.6. The van der Waals surface area contributed by atoms with Crippen LogP contribution in [0.1, 0.15) is 93.9 Å². The molecule has 0 saturated heterocycles. The van der Waals surface area contributed by atoms with Crippen LogP contribution in [0.25, 0.3) is 0 Å². The summed E-state index contributed by atoms with van der Waals surface area (Å²) in [5.74, 6) is 0.348. The van der Waals surface area contributed by atoms with Crippen molar-refractivity contribution in [1.29, 1.82) is 0 Å². The summed E-state index contributed by atoms with van der Waals surface area (Å²) in [6.07, 6.45) is 14.9. The number of thiol groups is 1. The molecule has 0 spiro atoms. The molecule has 0 amide bonds. The highest BCUT2D eigenvalue weighted by Gasteiger charge is 2.09. The van der Waals surface area contributed by atoms with Gasteiger partial charge in [-0.25, -0.2) is 0 Å². The highest BCUT2D eigenvalue weighted by molar-refractivity contribution is 8.93. The zero-order valence-electron chi connectivity index (χ0n) is 14.9. The highest BCUT2D eigenvalue weighted by atomic mass is 79.9. The van der Waals surface area contributed by atoms with Gasteiger partial charge < -0.3 is 5.11 Å². The minimum atomic E-state index is 0. The van der Waals surface area contributed by atoms with E-state index in [2.05, 4.69) is 13.8 Å². The SMILES string of the molecule is Br.CCCCCCCCCCCCC(S)c1ccc(O)cc1C. The van der Waals surface area contributed by atoms with Gasteiger partial charge in [-0.1, -0.05) is 77.2 Å². The summed E-state index contributed by atoms with van der Waals surface area (Å²) in [5.41, 5.74) is 2.41. The van der Waals surface area contributed by atoms with Gasteiger partial charge in [0, 0.05) is 5.25 Å².